The van der Waals surface area contributed by atoms with Gasteiger partial charge in [0, 0.05) is 23.8 Å². The van der Waals surface area contributed by atoms with Gasteiger partial charge in [-0.2, -0.15) is 0 Å². The number of ether oxygens (including phenoxy) is 1. The molecule has 198 valence electrons. The van der Waals surface area contributed by atoms with Crippen molar-refractivity contribution in [3.05, 3.63) is 100 Å². The third kappa shape index (κ3) is 6.48. The SMILES string of the molecule is CN(C)CCNC(=O)[C@H]1[C@@H](c2cccc(NC(=O)c3ccccc3F)c2)OC(=O)N1Cc1cccc(Cl)c1. The molecular weight excluding hydrogens is 511 g/mol. The number of nitrogens with one attached hydrogen (secondary N) is 2. The third-order valence-corrected chi connectivity index (χ3v) is 6.28. The minimum Gasteiger partial charge on any atom is -0.438 e. The molecule has 3 aromatic rings. The number of hydrogen-bond donors (Lipinski definition) is 2. The van der Waals surface area contributed by atoms with E-state index in [9.17, 15) is 18.8 Å². The van der Waals surface area contributed by atoms with Crippen LogP contribution in [-0.4, -0.2) is 60.9 Å². The van der Waals surface area contributed by atoms with Crippen LogP contribution in [0.1, 0.15) is 27.6 Å². The number of cyclic esters (lactones) is 1. The molecule has 0 spiro atoms. The molecule has 2 N–H and O–H groups in total. The number of halogens is 2. The molecule has 3 amide bonds. The molecule has 3 aromatic carbocycles. The topological polar surface area (TPSA) is 91.0 Å². The number of hydrogen-bond acceptors (Lipinski definition) is 5. The molecule has 1 aliphatic rings. The molecule has 4 rings (SSSR count). The molecule has 8 nitrogen and oxygen atoms in total. The zero-order valence-electron chi connectivity index (χ0n) is 21.0. The smallest absolute Gasteiger partial charge is 0.411 e. The number of benzene rings is 3. The summed E-state index contributed by atoms with van der Waals surface area (Å²) in [6.45, 7) is 1.11. The van der Waals surface area contributed by atoms with Gasteiger partial charge in [0.15, 0.2) is 12.1 Å². The van der Waals surface area contributed by atoms with Crippen LogP contribution in [0.2, 0.25) is 5.02 Å². The van der Waals surface area contributed by atoms with E-state index in [1.54, 1.807) is 48.5 Å². The lowest BCUT2D eigenvalue weighted by molar-refractivity contribution is -0.126. The summed E-state index contributed by atoms with van der Waals surface area (Å²) in [5, 5.41) is 6.07. The van der Waals surface area contributed by atoms with Crippen molar-refractivity contribution in [3.8, 4) is 0 Å². The monoisotopic (exact) mass is 538 g/mol. The van der Waals surface area contributed by atoms with Crippen LogP contribution in [-0.2, 0) is 16.1 Å². The van der Waals surface area contributed by atoms with Crippen LogP contribution in [0.15, 0.2) is 72.8 Å². The predicted molar refractivity (Wildman–Crippen MR) is 142 cm³/mol. The molecule has 1 fully saturated rings. The Morgan fingerprint density at radius 2 is 1.82 bits per heavy atom. The summed E-state index contributed by atoms with van der Waals surface area (Å²) >= 11 is 6.12. The van der Waals surface area contributed by atoms with E-state index < -0.39 is 30.0 Å². The first-order valence-corrected chi connectivity index (χ1v) is 12.4. The molecule has 0 aliphatic carbocycles. The first kappa shape index (κ1) is 27.1. The van der Waals surface area contributed by atoms with E-state index in [0.29, 0.717) is 29.4 Å². The van der Waals surface area contributed by atoms with E-state index in [1.165, 1.54) is 23.1 Å². The van der Waals surface area contributed by atoms with Crippen LogP contribution < -0.4 is 10.6 Å². The Kier molecular flexibility index (Phi) is 8.60. The van der Waals surface area contributed by atoms with Crippen molar-refractivity contribution < 1.29 is 23.5 Å². The van der Waals surface area contributed by atoms with Gasteiger partial charge in [0.1, 0.15) is 5.82 Å². The van der Waals surface area contributed by atoms with E-state index in [1.807, 2.05) is 25.1 Å². The van der Waals surface area contributed by atoms with Crippen molar-refractivity contribution in [1.29, 1.82) is 0 Å². The van der Waals surface area contributed by atoms with Gasteiger partial charge in [-0.05, 0) is 61.6 Å². The maximum atomic E-state index is 14.1. The Morgan fingerprint density at radius 3 is 2.55 bits per heavy atom. The predicted octanol–water partition coefficient (Wildman–Crippen LogP) is 4.47. The Bertz CT molecular complexity index is 1340. The second-order valence-electron chi connectivity index (χ2n) is 9.16. The van der Waals surface area contributed by atoms with Gasteiger partial charge in [-0.25, -0.2) is 9.18 Å². The summed E-state index contributed by atoms with van der Waals surface area (Å²) in [5.74, 6) is -1.63. The normalized spacial score (nSPS) is 16.9. The van der Waals surface area contributed by atoms with E-state index >= 15 is 0 Å². The number of amides is 3. The van der Waals surface area contributed by atoms with Crippen molar-refractivity contribution in [2.75, 3.05) is 32.5 Å². The highest BCUT2D eigenvalue weighted by molar-refractivity contribution is 6.30. The largest absolute Gasteiger partial charge is 0.438 e. The quantitative estimate of drug-likeness (QED) is 0.419. The number of carbonyl (C=O) groups excluding carboxylic acids is 3. The van der Waals surface area contributed by atoms with Crippen LogP contribution in [0.5, 0.6) is 0 Å². The van der Waals surface area contributed by atoms with Gasteiger partial charge in [0.05, 0.1) is 12.1 Å². The molecule has 38 heavy (non-hydrogen) atoms. The highest BCUT2D eigenvalue weighted by Crippen LogP contribution is 2.35. The summed E-state index contributed by atoms with van der Waals surface area (Å²) in [4.78, 5) is 42.3. The van der Waals surface area contributed by atoms with Gasteiger partial charge in [-0.15, -0.1) is 0 Å². The summed E-state index contributed by atoms with van der Waals surface area (Å²) in [5.41, 5.74) is 1.51. The second kappa shape index (κ2) is 12.1. The minimum absolute atomic E-state index is 0.101. The van der Waals surface area contributed by atoms with Crippen molar-refractivity contribution >= 4 is 35.2 Å². The standard InChI is InChI=1S/C28H28ClFN4O4/c1-33(2)14-13-31-27(36)24-25(38-28(37)34(24)17-18-7-5-9-20(29)15-18)19-8-6-10-21(16-19)32-26(35)22-11-3-4-12-23(22)30/h3-12,15-16,24-25H,13-14,17H2,1-2H3,(H,31,36)(H,32,35)/t24-,25-/m1/s1. The van der Waals surface area contributed by atoms with Gasteiger partial charge in [-0.3, -0.25) is 14.5 Å². The van der Waals surface area contributed by atoms with Gasteiger partial charge in [0.25, 0.3) is 5.91 Å². The zero-order valence-corrected chi connectivity index (χ0v) is 21.7. The summed E-state index contributed by atoms with van der Waals surface area (Å²) in [7, 11) is 3.79. The van der Waals surface area contributed by atoms with Gasteiger partial charge in [0.2, 0.25) is 5.91 Å². The van der Waals surface area contributed by atoms with Crippen LogP contribution >= 0.6 is 11.6 Å². The van der Waals surface area contributed by atoms with Gasteiger partial charge in [-0.1, -0.05) is 48.0 Å². The van der Waals surface area contributed by atoms with Crippen molar-refractivity contribution in [3.63, 3.8) is 0 Å². The fraction of sp³-hybridized carbons (Fsp3) is 0.250. The van der Waals surface area contributed by atoms with E-state index in [-0.39, 0.29) is 18.0 Å². The molecule has 10 heteroatoms. The zero-order chi connectivity index (χ0) is 27.2. The van der Waals surface area contributed by atoms with Crippen LogP contribution in [0.3, 0.4) is 0 Å². The average molecular weight is 539 g/mol. The lowest BCUT2D eigenvalue weighted by Gasteiger charge is -2.25. The van der Waals surface area contributed by atoms with Crippen molar-refractivity contribution in [1.82, 2.24) is 15.1 Å². The van der Waals surface area contributed by atoms with Gasteiger partial charge < -0.3 is 20.3 Å². The second-order valence-corrected chi connectivity index (χ2v) is 9.60. The fourth-order valence-corrected chi connectivity index (χ4v) is 4.40. The van der Waals surface area contributed by atoms with Crippen molar-refractivity contribution in [2.45, 2.75) is 18.7 Å². The molecular formula is C28H28ClFN4O4. The number of rotatable bonds is 9. The molecule has 1 heterocycles. The third-order valence-electron chi connectivity index (χ3n) is 6.05. The Balaban J connectivity index is 1.60. The highest BCUT2D eigenvalue weighted by atomic mass is 35.5. The summed E-state index contributed by atoms with van der Waals surface area (Å²) < 4.78 is 19.8. The molecule has 0 bridgehead atoms. The Hall–Kier alpha value is -3.95. The van der Waals surface area contributed by atoms with Crippen LogP contribution in [0.4, 0.5) is 14.9 Å². The van der Waals surface area contributed by atoms with Crippen LogP contribution in [0.25, 0.3) is 0 Å². The summed E-state index contributed by atoms with van der Waals surface area (Å²) in [6.07, 6.45) is -1.59. The van der Waals surface area contributed by atoms with Gasteiger partial charge >= 0.3 is 6.09 Å². The average Bonchev–Trinajstić information content (AvgIpc) is 3.20. The maximum absolute atomic E-state index is 14.1. The fourth-order valence-electron chi connectivity index (χ4n) is 4.19. The Labute approximate surface area is 225 Å². The molecule has 1 aliphatic heterocycles. The van der Waals surface area contributed by atoms with E-state index in [2.05, 4.69) is 10.6 Å². The molecule has 0 saturated carbocycles. The molecule has 0 unspecified atom stereocenters. The maximum Gasteiger partial charge on any atom is 0.411 e. The van der Waals surface area contributed by atoms with Crippen molar-refractivity contribution in [2.24, 2.45) is 0 Å². The van der Waals surface area contributed by atoms with E-state index in [0.717, 1.165) is 5.56 Å². The van der Waals surface area contributed by atoms with E-state index in [4.69, 9.17) is 16.3 Å². The minimum atomic E-state index is -0.971. The number of nitrogens with zero attached hydrogens (tertiary/aromatic N) is 2. The number of likely N-dealkylation sites (N-methyl/N-ethyl adjacent to an activating group) is 1. The first-order valence-electron chi connectivity index (χ1n) is 12.0. The number of anilines is 1. The van der Waals surface area contributed by atoms with Crippen LogP contribution in [0, 0.1) is 5.82 Å². The Morgan fingerprint density at radius 1 is 1.05 bits per heavy atom. The molecule has 0 aromatic heterocycles. The lowest BCUT2D eigenvalue weighted by atomic mass is 10.00. The highest BCUT2D eigenvalue weighted by Gasteiger charge is 2.47. The number of carbonyl (C=O) groups is 3. The lowest BCUT2D eigenvalue weighted by Crippen LogP contribution is -2.47. The summed E-state index contributed by atoms with van der Waals surface area (Å²) in [6, 6.07) is 18.3. The molecule has 1 saturated heterocycles. The molecule has 2 atom stereocenters. The first-order chi connectivity index (χ1) is 18.2. The molecule has 0 radical (unpaired) electrons.